The normalized spacial score (nSPS) is 18.4. The molecule has 1 atom stereocenters. The average molecular weight is 371 g/mol. The molecule has 0 unspecified atom stereocenters. The largest absolute Gasteiger partial charge is 0.373 e. The minimum Gasteiger partial charge on any atom is -0.373 e. The fourth-order valence-electron chi connectivity index (χ4n) is 4.32. The Hall–Kier alpha value is -3.54. The van der Waals surface area contributed by atoms with Crippen LogP contribution in [0.2, 0.25) is 0 Å². The summed E-state index contributed by atoms with van der Waals surface area (Å²) in [7, 11) is 0. The van der Waals surface area contributed by atoms with Crippen LogP contribution >= 0.6 is 0 Å². The second-order valence-corrected chi connectivity index (χ2v) is 7.15. The highest BCUT2D eigenvalue weighted by molar-refractivity contribution is 6.12. The number of nitrogens with one attached hydrogen (secondary N) is 1. The zero-order valence-electron chi connectivity index (χ0n) is 15.0. The molecule has 0 saturated carbocycles. The summed E-state index contributed by atoms with van der Waals surface area (Å²) >= 11 is 0. The van der Waals surface area contributed by atoms with Gasteiger partial charge in [0.15, 0.2) is 5.78 Å². The van der Waals surface area contributed by atoms with Crippen molar-refractivity contribution in [2.75, 3.05) is 5.32 Å². The lowest BCUT2D eigenvalue weighted by atomic mass is 9.77. The zero-order chi connectivity index (χ0) is 19.3. The number of aromatic nitrogens is 1. The van der Waals surface area contributed by atoms with Gasteiger partial charge in [0, 0.05) is 47.0 Å². The molecule has 2 heterocycles. The van der Waals surface area contributed by atoms with Gasteiger partial charge in [-0.25, -0.2) is 0 Å². The van der Waals surface area contributed by atoms with Gasteiger partial charge in [-0.1, -0.05) is 6.07 Å². The third-order valence-electron chi connectivity index (χ3n) is 5.57. The molecule has 0 saturated heterocycles. The molecule has 0 spiro atoms. The Morgan fingerprint density at radius 3 is 2.68 bits per heavy atom. The molecule has 2 aliphatic rings. The first kappa shape index (κ1) is 16.6. The van der Waals surface area contributed by atoms with Crippen molar-refractivity contribution in [1.29, 1.82) is 0 Å². The Balaban J connectivity index is 1.72. The van der Waals surface area contributed by atoms with Gasteiger partial charge >= 0.3 is 0 Å². The fourth-order valence-corrected chi connectivity index (χ4v) is 4.32. The number of carbonyl (C=O) groups is 1. The van der Waals surface area contributed by atoms with E-state index in [-0.39, 0.29) is 17.5 Å². The van der Waals surface area contributed by atoms with Crippen molar-refractivity contribution in [2.24, 2.45) is 0 Å². The molecular formula is C22H17N3O3. The number of hydrogen-bond donors (Lipinski definition) is 1. The van der Waals surface area contributed by atoms with Gasteiger partial charge < -0.3 is 5.32 Å². The predicted octanol–water partition coefficient (Wildman–Crippen LogP) is 4.82. The summed E-state index contributed by atoms with van der Waals surface area (Å²) in [4.78, 5) is 27.9. The van der Waals surface area contributed by atoms with Crippen LogP contribution in [0.4, 0.5) is 11.4 Å². The number of anilines is 1. The number of Topliss-reactive ketones (excluding diaryl/α,β-unsaturated/α-hetero) is 1. The van der Waals surface area contributed by atoms with Crippen molar-refractivity contribution in [3.63, 3.8) is 0 Å². The predicted molar refractivity (Wildman–Crippen MR) is 107 cm³/mol. The molecule has 138 valence electrons. The van der Waals surface area contributed by atoms with E-state index in [0.29, 0.717) is 6.42 Å². The third kappa shape index (κ3) is 2.49. The number of nitro benzene ring substituents is 1. The van der Waals surface area contributed by atoms with E-state index in [0.717, 1.165) is 51.7 Å². The number of benzene rings is 2. The molecule has 1 N–H and O–H groups in total. The molecule has 1 aliphatic heterocycles. The Bertz CT molecular complexity index is 1170. The van der Waals surface area contributed by atoms with Crippen molar-refractivity contribution >= 4 is 33.6 Å². The molecule has 0 bridgehead atoms. The lowest BCUT2D eigenvalue weighted by Crippen LogP contribution is -2.27. The van der Waals surface area contributed by atoms with Crippen LogP contribution in [0.1, 0.15) is 36.4 Å². The van der Waals surface area contributed by atoms with Gasteiger partial charge in [0.1, 0.15) is 0 Å². The van der Waals surface area contributed by atoms with Crippen LogP contribution in [-0.4, -0.2) is 15.7 Å². The zero-order valence-corrected chi connectivity index (χ0v) is 15.0. The smallest absolute Gasteiger partial charge is 0.269 e. The maximum absolute atomic E-state index is 12.9. The van der Waals surface area contributed by atoms with Gasteiger partial charge in [0.05, 0.1) is 16.5 Å². The topological polar surface area (TPSA) is 85.1 Å². The van der Waals surface area contributed by atoms with Crippen molar-refractivity contribution in [2.45, 2.75) is 25.3 Å². The molecule has 5 rings (SSSR count). The molecule has 1 aromatic heterocycles. The monoisotopic (exact) mass is 371 g/mol. The summed E-state index contributed by atoms with van der Waals surface area (Å²) in [6.07, 6.45) is 3.97. The Kier molecular flexibility index (Phi) is 3.72. The van der Waals surface area contributed by atoms with Crippen LogP contribution in [0.25, 0.3) is 16.5 Å². The number of pyridine rings is 1. The van der Waals surface area contributed by atoms with E-state index in [4.69, 9.17) is 0 Å². The number of carbonyl (C=O) groups excluding carboxylic acids is 1. The van der Waals surface area contributed by atoms with E-state index >= 15 is 0 Å². The maximum Gasteiger partial charge on any atom is 0.269 e. The van der Waals surface area contributed by atoms with E-state index in [1.54, 1.807) is 18.3 Å². The molecule has 6 heteroatoms. The highest BCUT2D eigenvalue weighted by Crippen LogP contribution is 2.47. The van der Waals surface area contributed by atoms with Crippen molar-refractivity contribution in [3.05, 3.63) is 81.5 Å². The SMILES string of the molecule is O=C1CCCC2=C1[C@H](c1ccc([N+](=O)[O-])cc1)Nc1ccc3ncccc3c12. The second kappa shape index (κ2) is 6.27. The van der Waals surface area contributed by atoms with E-state index in [1.165, 1.54) is 12.1 Å². The number of non-ortho nitro benzene ring substituents is 1. The summed E-state index contributed by atoms with van der Waals surface area (Å²) in [5.41, 5.74) is 5.69. The summed E-state index contributed by atoms with van der Waals surface area (Å²) in [5, 5.41) is 15.5. The van der Waals surface area contributed by atoms with Gasteiger partial charge in [0.25, 0.3) is 5.69 Å². The standard InChI is InChI=1S/C22H17N3O3/c26-19-5-1-3-16-20-15-4-2-12-23-17(15)10-11-18(20)24-22(21(16)19)13-6-8-14(9-7-13)25(27)28/h2,4,6-12,22,24H,1,3,5H2/t22-/m0/s1. The fraction of sp³-hybridized carbons (Fsp3) is 0.182. The van der Waals surface area contributed by atoms with E-state index in [2.05, 4.69) is 10.3 Å². The van der Waals surface area contributed by atoms with Gasteiger partial charge in [-0.15, -0.1) is 0 Å². The molecule has 0 radical (unpaired) electrons. The third-order valence-corrected chi connectivity index (χ3v) is 5.57. The molecule has 1 aliphatic carbocycles. The number of nitrogens with zero attached hydrogens (tertiary/aromatic N) is 2. The number of hydrogen-bond acceptors (Lipinski definition) is 5. The number of nitro groups is 1. The molecule has 0 fully saturated rings. The van der Waals surface area contributed by atoms with Crippen LogP contribution in [0, 0.1) is 10.1 Å². The van der Waals surface area contributed by atoms with Crippen molar-refractivity contribution < 1.29 is 9.72 Å². The van der Waals surface area contributed by atoms with Gasteiger partial charge in [0.2, 0.25) is 0 Å². The van der Waals surface area contributed by atoms with Crippen LogP contribution in [0.3, 0.4) is 0 Å². The first-order valence-corrected chi connectivity index (χ1v) is 9.29. The summed E-state index contributed by atoms with van der Waals surface area (Å²) in [5.74, 6) is 0.142. The Morgan fingerprint density at radius 1 is 1.07 bits per heavy atom. The number of allylic oxidation sites excluding steroid dienone is 1. The minimum absolute atomic E-state index is 0.0428. The number of fused-ring (bicyclic) bond motifs is 4. The van der Waals surface area contributed by atoms with Crippen molar-refractivity contribution in [3.8, 4) is 0 Å². The quantitative estimate of drug-likeness (QED) is 0.516. The summed E-state index contributed by atoms with van der Waals surface area (Å²) in [6.45, 7) is 0. The molecular weight excluding hydrogens is 354 g/mol. The average Bonchev–Trinajstić information content (AvgIpc) is 2.73. The molecule has 2 aromatic carbocycles. The van der Waals surface area contributed by atoms with E-state index < -0.39 is 4.92 Å². The molecule has 0 amide bonds. The maximum atomic E-state index is 12.9. The number of ketones is 1. The summed E-state index contributed by atoms with van der Waals surface area (Å²) in [6, 6.07) is 14.1. The molecule has 3 aromatic rings. The van der Waals surface area contributed by atoms with Gasteiger partial charge in [-0.05, 0) is 54.3 Å². The second-order valence-electron chi connectivity index (χ2n) is 7.15. The number of rotatable bonds is 2. The highest BCUT2D eigenvalue weighted by atomic mass is 16.6. The van der Waals surface area contributed by atoms with Crippen molar-refractivity contribution in [1.82, 2.24) is 4.98 Å². The lowest BCUT2D eigenvalue weighted by Gasteiger charge is -2.35. The Morgan fingerprint density at radius 2 is 1.89 bits per heavy atom. The molecule has 28 heavy (non-hydrogen) atoms. The van der Waals surface area contributed by atoms with Gasteiger partial charge in [-0.2, -0.15) is 0 Å². The van der Waals surface area contributed by atoms with Crippen LogP contribution in [0.5, 0.6) is 0 Å². The minimum atomic E-state index is -0.414. The van der Waals surface area contributed by atoms with Gasteiger partial charge in [-0.3, -0.25) is 19.9 Å². The highest BCUT2D eigenvalue weighted by Gasteiger charge is 2.35. The van der Waals surface area contributed by atoms with Crippen LogP contribution < -0.4 is 5.32 Å². The van der Waals surface area contributed by atoms with Crippen LogP contribution in [-0.2, 0) is 4.79 Å². The summed E-state index contributed by atoms with van der Waals surface area (Å²) < 4.78 is 0. The first-order chi connectivity index (χ1) is 13.6. The van der Waals surface area contributed by atoms with E-state index in [1.807, 2.05) is 24.3 Å². The lowest BCUT2D eigenvalue weighted by molar-refractivity contribution is -0.384. The molecule has 6 nitrogen and oxygen atoms in total. The van der Waals surface area contributed by atoms with Crippen LogP contribution in [0.15, 0.2) is 60.3 Å². The first-order valence-electron chi connectivity index (χ1n) is 9.29. The Labute approximate surface area is 161 Å². The van der Waals surface area contributed by atoms with E-state index in [9.17, 15) is 14.9 Å².